The van der Waals surface area contributed by atoms with E-state index in [0.29, 0.717) is 17.9 Å². The zero-order valence-corrected chi connectivity index (χ0v) is 11.9. The zero-order valence-electron chi connectivity index (χ0n) is 11.9. The second-order valence-corrected chi connectivity index (χ2v) is 6.60. The molecule has 0 unspecified atom stereocenters. The molecule has 1 saturated carbocycles. The Hall–Kier alpha value is -0.570. The highest BCUT2D eigenvalue weighted by molar-refractivity contribution is 5.83. The summed E-state index contributed by atoms with van der Waals surface area (Å²) >= 11 is 0. The van der Waals surface area contributed by atoms with Crippen molar-refractivity contribution >= 4 is 5.91 Å². The first-order valence-electron chi connectivity index (χ1n) is 7.64. The predicted molar refractivity (Wildman–Crippen MR) is 74.4 cm³/mol. The third-order valence-electron chi connectivity index (χ3n) is 4.47. The van der Waals surface area contributed by atoms with Crippen molar-refractivity contribution in [1.82, 2.24) is 10.6 Å². The number of hydrogen-bond acceptors (Lipinski definition) is 2. The second kappa shape index (κ2) is 6.05. The Morgan fingerprint density at radius 3 is 2.61 bits per heavy atom. The summed E-state index contributed by atoms with van der Waals surface area (Å²) < 4.78 is 0. The monoisotopic (exact) mass is 252 g/mol. The normalized spacial score (nSPS) is 27.4. The van der Waals surface area contributed by atoms with Crippen molar-refractivity contribution in [2.75, 3.05) is 13.1 Å². The molecular weight excluding hydrogens is 224 g/mol. The summed E-state index contributed by atoms with van der Waals surface area (Å²) in [6.07, 6.45) is 8.01. The van der Waals surface area contributed by atoms with Crippen LogP contribution in [0, 0.1) is 11.3 Å². The summed E-state index contributed by atoms with van der Waals surface area (Å²) in [5, 5.41) is 6.67. The van der Waals surface area contributed by atoms with Crippen LogP contribution in [-0.2, 0) is 4.79 Å². The van der Waals surface area contributed by atoms with Gasteiger partial charge >= 0.3 is 0 Å². The second-order valence-electron chi connectivity index (χ2n) is 6.60. The van der Waals surface area contributed by atoms with E-state index in [-0.39, 0.29) is 5.41 Å². The Kier molecular flexibility index (Phi) is 4.66. The summed E-state index contributed by atoms with van der Waals surface area (Å²) in [4.78, 5) is 12.6. The molecule has 3 heteroatoms. The summed E-state index contributed by atoms with van der Waals surface area (Å²) in [6, 6.07) is 0.357. The molecule has 0 aromatic heterocycles. The van der Waals surface area contributed by atoms with Gasteiger partial charge in [-0.25, -0.2) is 0 Å². The van der Waals surface area contributed by atoms with Gasteiger partial charge in [0.2, 0.25) is 5.91 Å². The Bertz CT molecular complexity index is 276. The molecule has 1 aliphatic heterocycles. The smallest absolute Gasteiger partial charge is 0.226 e. The molecule has 104 valence electrons. The Balaban J connectivity index is 1.95. The SMILES string of the molecule is CC(C)CC1(C(=O)N[C@H]2CCCNC2)CCCC1. The maximum Gasteiger partial charge on any atom is 0.226 e. The number of carbonyl (C=O) groups is 1. The molecule has 1 atom stereocenters. The molecule has 2 aliphatic rings. The predicted octanol–water partition coefficient (Wildman–Crippen LogP) is 2.46. The van der Waals surface area contributed by atoms with Crippen molar-refractivity contribution in [2.45, 2.75) is 64.8 Å². The van der Waals surface area contributed by atoms with Crippen molar-refractivity contribution in [3.8, 4) is 0 Å². The van der Waals surface area contributed by atoms with Crippen LogP contribution in [0.4, 0.5) is 0 Å². The van der Waals surface area contributed by atoms with Crippen molar-refractivity contribution in [3.05, 3.63) is 0 Å². The molecular formula is C15H28N2O. The van der Waals surface area contributed by atoms with E-state index in [9.17, 15) is 4.79 Å². The minimum absolute atomic E-state index is 0.0500. The molecule has 2 N–H and O–H groups in total. The van der Waals surface area contributed by atoms with E-state index in [2.05, 4.69) is 24.5 Å². The lowest BCUT2D eigenvalue weighted by Gasteiger charge is -2.33. The van der Waals surface area contributed by atoms with Crippen LogP contribution in [0.3, 0.4) is 0 Å². The average Bonchev–Trinajstić information content (AvgIpc) is 2.79. The molecule has 0 radical (unpaired) electrons. The number of carbonyl (C=O) groups excluding carboxylic acids is 1. The highest BCUT2D eigenvalue weighted by Gasteiger charge is 2.41. The zero-order chi connectivity index (χ0) is 13.0. The minimum atomic E-state index is -0.0500. The number of rotatable bonds is 4. The van der Waals surface area contributed by atoms with Gasteiger partial charge in [0.05, 0.1) is 0 Å². The Labute approximate surface area is 111 Å². The van der Waals surface area contributed by atoms with E-state index in [1.54, 1.807) is 0 Å². The highest BCUT2D eigenvalue weighted by atomic mass is 16.2. The van der Waals surface area contributed by atoms with E-state index in [1.807, 2.05) is 0 Å². The molecule has 2 rings (SSSR count). The van der Waals surface area contributed by atoms with Crippen molar-refractivity contribution < 1.29 is 4.79 Å². The topological polar surface area (TPSA) is 41.1 Å². The van der Waals surface area contributed by atoms with Crippen LogP contribution in [0.2, 0.25) is 0 Å². The van der Waals surface area contributed by atoms with E-state index in [4.69, 9.17) is 0 Å². The molecule has 0 bridgehead atoms. The quantitative estimate of drug-likeness (QED) is 0.807. The third-order valence-corrected chi connectivity index (χ3v) is 4.47. The first-order valence-corrected chi connectivity index (χ1v) is 7.64. The number of piperidine rings is 1. The fourth-order valence-corrected chi connectivity index (χ4v) is 3.67. The molecule has 1 aliphatic carbocycles. The lowest BCUT2D eigenvalue weighted by molar-refractivity contribution is -0.132. The molecule has 1 heterocycles. The van der Waals surface area contributed by atoms with Crippen molar-refractivity contribution in [2.24, 2.45) is 11.3 Å². The fourth-order valence-electron chi connectivity index (χ4n) is 3.67. The number of nitrogens with one attached hydrogen (secondary N) is 2. The molecule has 1 saturated heterocycles. The minimum Gasteiger partial charge on any atom is -0.352 e. The summed E-state index contributed by atoms with van der Waals surface area (Å²) in [6.45, 7) is 6.51. The number of hydrogen-bond donors (Lipinski definition) is 2. The molecule has 2 fully saturated rings. The molecule has 0 aromatic rings. The van der Waals surface area contributed by atoms with E-state index in [0.717, 1.165) is 38.8 Å². The molecule has 0 spiro atoms. The van der Waals surface area contributed by atoms with Gasteiger partial charge in [0.25, 0.3) is 0 Å². The first-order chi connectivity index (χ1) is 8.62. The third kappa shape index (κ3) is 3.25. The highest BCUT2D eigenvalue weighted by Crippen LogP contribution is 2.43. The van der Waals surface area contributed by atoms with Gasteiger partial charge in [0, 0.05) is 18.0 Å². The maximum absolute atomic E-state index is 12.6. The van der Waals surface area contributed by atoms with Crippen LogP contribution in [-0.4, -0.2) is 25.0 Å². The van der Waals surface area contributed by atoms with Crippen LogP contribution in [0.1, 0.15) is 58.8 Å². The fraction of sp³-hybridized carbons (Fsp3) is 0.933. The Morgan fingerprint density at radius 2 is 2.06 bits per heavy atom. The van der Waals surface area contributed by atoms with E-state index < -0.39 is 0 Å². The summed E-state index contributed by atoms with van der Waals surface area (Å²) in [5.41, 5.74) is -0.0500. The van der Waals surface area contributed by atoms with Crippen LogP contribution >= 0.6 is 0 Å². The van der Waals surface area contributed by atoms with Gasteiger partial charge in [-0.1, -0.05) is 26.7 Å². The average molecular weight is 252 g/mol. The van der Waals surface area contributed by atoms with Crippen LogP contribution < -0.4 is 10.6 Å². The summed E-state index contributed by atoms with van der Waals surface area (Å²) in [7, 11) is 0. The molecule has 18 heavy (non-hydrogen) atoms. The first kappa shape index (κ1) is 13.9. The Morgan fingerprint density at radius 1 is 1.33 bits per heavy atom. The van der Waals surface area contributed by atoms with Gasteiger partial charge in [-0.05, 0) is 44.6 Å². The van der Waals surface area contributed by atoms with Gasteiger partial charge < -0.3 is 10.6 Å². The summed E-state index contributed by atoms with van der Waals surface area (Å²) in [5.74, 6) is 0.945. The van der Waals surface area contributed by atoms with Gasteiger partial charge in [-0.15, -0.1) is 0 Å². The largest absolute Gasteiger partial charge is 0.352 e. The number of amides is 1. The molecule has 3 nitrogen and oxygen atoms in total. The molecule has 1 amide bonds. The van der Waals surface area contributed by atoms with Gasteiger partial charge in [0.15, 0.2) is 0 Å². The van der Waals surface area contributed by atoms with Crippen LogP contribution in [0.5, 0.6) is 0 Å². The van der Waals surface area contributed by atoms with E-state index >= 15 is 0 Å². The van der Waals surface area contributed by atoms with Crippen LogP contribution in [0.25, 0.3) is 0 Å². The van der Waals surface area contributed by atoms with Crippen molar-refractivity contribution in [1.29, 1.82) is 0 Å². The molecule has 0 aromatic carbocycles. The lowest BCUT2D eigenvalue weighted by Crippen LogP contribution is -2.50. The van der Waals surface area contributed by atoms with Crippen molar-refractivity contribution in [3.63, 3.8) is 0 Å². The van der Waals surface area contributed by atoms with E-state index in [1.165, 1.54) is 19.3 Å². The van der Waals surface area contributed by atoms with Gasteiger partial charge in [0.1, 0.15) is 0 Å². The van der Waals surface area contributed by atoms with Gasteiger partial charge in [-0.2, -0.15) is 0 Å². The van der Waals surface area contributed by atoms with Crippen LogP contribution in [0.15, 0.2) is 0 Å². The maximum atomic E-state index is 12.6. The standard InChI is InChI=1S/C15H28N2O/c1-12(2)10-15(7-3-4-8-15)14(18)17-13-6-5-9-16-11-13/h12-13,16H,3-11H2,1-2H3,(H,17,18)/t13-/m0/s1. The van der Waals surface area contributed by atoms with Gasteiger partial charge in [-0.3, -0.25) is 4.79 Å². The lowest BCUT2D eigenvalue weighted by atomic mass is 9.77.